The van der Waals surface area contributed by atoms with Crippen molar-refractivity contribution >= 4 is 46.2 Å². The summed E-state index contributed by atoms with van der Waals surface area (Å²) in [7, 11) is 0. The fraction of sp³-hybridized carbons (Fsp3) is 0.0588. The number of hydrazine groups is 1. The first-order valence-corrected chi connectivity index (χ1v) is 8.34. The Labute approximate surface area is 148 Å². The maximum atomic E-state index is 12.5. The predicted octanol–water partition coefficient (Wildman–Crippen LogP) is 2.94. The summed E-state index contributed by atoms with van der Waals surface area (Å²) in [5.74, 6) is -0.735. The second-order valence-corrected chi connectivity index (χ2v) is 6.70. The molecule has 1 aromatic carbocycles. The Morgan fingerprint density at radius 3 is 2.71 bits per heavy atom. The summed E-state index contributed by atoms with van der Waals surface area (Å²) in [6.45, 7) is 1.83. The number of hydrogen-bond donors (Lipinski definition) is 1. The van der Waals surface area contributed by atoms with Crippen molar-refractivity contribution in [1.29, 1.82) is 0 Å². The lowest BCUT2D eigenvalue weighted by Gasteiger charge is -2.16. The normalized spacial score (nSPS) is 15.9. The molecule has 1 aliphatic rings. The van der Waals surface area contributed by atoms with Crippen LogP contribution in [0.15, 0.2) is 53.6 Å². The van der Waals surface area contributed by atoms with Crippen molar-refractivity contribution in [3.05, 3.63) is 70.4 Å². The highest BCUT2D eigenvalue weighted by Crippen LogP contribution is 2.31. The van der Waals surface area contributed by atoms with Gasteiger partial charge in [0, 0.05) is 11.8 Å². The highest BCUT2D eigenvalue weighted by molar-refractivity contribution is 8.26. The van der Waals surface area contributed by atoms with E-state index in [1.54, 1.807) is 36.5 Å². The van der Waals surface area contributed by atoms with Crippen LogP contribution in [0, 0.1) is 6.92 Å². The number of benzene rings is 1. The number of nitrogens with zero attached hydrogens (tertiary/aromatic N) is 2. The number of thiocarbonyl (C=S) groups is 1. The van der Waals surface area contributed by atoms with Crippen molar-refractivity contribution in [3.63, 3.8) is 0 Å². The van der Waals surface area contributed by atoms with E-state index in [2.05, 4.69) is 10.4 Å². The lowest BCUT2D eigenvalue weighted by Crippen LogP contribution is -2.45. The van der Waals surface area contributed by atoms with Crippen molar-refractivity contribution in [2.24, 2.45) is 0 Å². The van der Waals surface area contributed by atoms with Crippen LogP contribution in [-0.2, 0) is 4.79 Å². The number of rotatable bonds is 3. The number of pyridine rings is 1. The van der Waals surface area contributed by atoms with E-state index in [1.165, 1.54) is 0 Å². The molecule has 0 atom stereocenters. The van der Waals surface area contributed by atoms with E-state index in [4.69, 9.17) is 12.2 Å². The van der Waals surface area contributed by atoms with E-state index in [-0.39, 0.29) is 16.1 Å². The average molecular weight is 355 g/mol. The summed E-state index contributed by atoms with van der Waals surface area (Å²) in [6.07, 6.45) is 3.30. The standard InChI is InChI=1S/C17H13N3O2S2/c1-11-6-2-3-8-13(11)15(21)19-20-16(22)14(24-17(20)23)10-12-7-4-5-9-18-12/h2-10H,1H3,(H,19,21)/b14-10-. The van der Waals surface area contributed by atoms with E-state index in [0.29, 0.717) is 16.2 Å². The molecule has 1 fully saturated rings. The number of thioether (sulfide) groups is 1. The monoisotopic (exact) mass is 355 g/mol. The van der Waals surface area contributed by atoms with E-state index in [0.717, 1.165) is 22.3 Å². The molecule has 2 aromatic rings. The highest BCUT2D eigenvalue weighted by atomic mass is 32.2. The molecule has 1 saturated heterocycles. The summed E-state index contributed by atoms with van der Waals surface area (Å²) in [6, 6.07) is 12.6. The molecular formula is C17H13N3O2S2. The van der Waals surface area contributed by atoms with Gasteiger partial charge in [-0.3, -0.25) is 20.0 Å². The molecule has 3 rings (SSSR count). The quantitative estimate of drug-likeness (QED) is 0.677. The van der Waals surface area contributed by atoms with Crippen molar-refractivity contribution < 1.29 is 9.59 Å². The van der Waals surface area contributed by atoms with Gasteiger partial charge in [-0.25, -0.2) is 0 Å². The zero-order valence-corrected chi connectivity index (χ0v) is 14.4. The molecule has 2 heterocycles. The Morgan fingerprint density at radius 1 is 1.25 bits per heavy atom. The Morgan fingerprint density at radius 2 is 2.00 bits per heavy atom. The lowest BCUT2D eigenvalue weighted by molar-refractivity contribution is -0.123. The Bertz CT molecular complexity index is 850. The fourth-order valence-corrected chi connectivity index (χ4v) is 3.31. The van der Waals surface area contributed by atoms with E-state index < -0.39 is 0 Å². The molecular weight excluding hydrogens is 342 g/mol. The highest BCUT2D eigenvalue weighted by Gasteiger charge is 2.34. The maximum Gasteiger partial charge on any atom is 0.285 e. The number of amides is 2. The van der Waals surface area contributed by atoms with Gasteiger partial charge in [-0.15, -0.1) is 0 Å². The minimum absolute atomic E-state index is 0.282. The van der Waals surface area contributed by atoms with Gasteiger partial charge in [0.15, 0.2) is 4.32 Å². The zero-order valence-electron chi connectivity index (χ0n) is 12.7. The molecule has 24 heavy (non-hydrogen) atoms. The fourth-order valence-electron chi connectivity index (χ4n) is 2.15. The molecule has 0 saturated carbocycles. The van der Waals surface area contributed by atoms with Crippen molar-refractivity contribution in [1.82, 2.24) is 15.4 Å². The number of aryl methyl sites for hydroxylation is 1. The number of nitrogens with one attached hydrogen (secondary N) is 1. The minimum atomic E-state index is -0.372. The Balaban J connectivity index is 1.79. The van der Waals surface area contributed by atoms with Crippen molar-refractivity contribution in [2.45, 2.75) is 6.92 Å². The first-order valence-electron chi connectivity index (χ1n) is 7.12. The van der Waals surface area contributed by atoms with Crippen LogP contribution in [0.1, 0.15) is 21.6 Å². The Kier molecular flexibility index (Phi) is 4.73. The summed E-state index contributed by atoms with van der Waals surface area (Å²) in [5.41, 5.74) is 4.55. The molecule has 1 N–H and O–H groups in total. The van der Waals surface area contributed by atoms with Crippen molar-refractivity contribution in [3.8, 4) is 0 Å². The van der Waals surface area contributed by atoms with E-state index >= 15 is 0 Å². The van der Waals surface area contributed by atoms with Crippen LogP contribution in [0.4, 0.5) is 0 Å². The topological polar surface area (TPSA) is 62.3 Å². The van der Waals surface area contributed by atoms with Crippen LogP contribution in [0.3, 0.4) is 0 Å². The molecule has 0 unspecified atom stereocenters. The summed E-state index contributed by atoms with van der Waals surface area (Å²) in [4.78, 5) is 29.4. The third kappa shape index (κ3) is 3.37. The first kappa shape index (κ1) is 16.4. The molecule has 0 bridgehead atoms. The van der Waals surface area contributed by atoms with Crippen LogP contribution in [-0.4, -0.2) is 26.1 Å². The second-order valence-electron chi connectivity index (χ2n) is 5.03. The minimum Gasteiger partial charge on any atom is -0.267 e. The van der Waals surface area contributed by atoms with Crippen LogP contribution >= 0.6 is 24.0 Å². The number of aromatic nitrogens is 1. The largest absolute Gasteiger partial charge is 0.285 e. The van der Waals surface area contributed by atoms with Crippen LogP contribution in [0.2, 0.25) is 0 Å². The zero-order chi connectivity index (χ0) is 17.1. The van der Waals surface area contributed by atoms with Gasteiger partial charge in [0.2, 0.25) is 0 Å². The molecule has 7 heteroatoms. The van der Waals surface area contributed by atoms with Crippen LogP contribution < -0.4 is 5.43 Å². The molecule has 5 nitrogen and oxygen atoms in total. The average Bonchev–Trinajstić information content (AvgIpc) is 2.83. The van der Waals surface area contributed by atoms with Gasteiger partial charge in [-0.2, -0.15) is 5.01 Å². The smallest absolute Gasteiger partial charge is 0.267 e. The molecule has 120 valence electrons. The molecule has 1 aliphatic heterocycles. The molecule has 0 radical (unpaired) electrons. The number of carbonyl (C=O) groups excluding carboxylic acids is 2. The summed E-state index contributed by atoms with van der Waals surface area (Å²) < 4.78 is 0.282. The van der Waals surface area contributed by atoms with E-state index in [9.17, 15) is 9.59 Å². The van der Waals surface area contributed by atoms with Gasteiger partial charge >= 0.3 is 0 Å². The van der Waals surface area contributed by atoms with Crippen LogP contribution in [0.5, 0.6) is 0 Å². The van der Waals surface area contributed by atoms with E-state index in [1.807, 2.05) is 25.1 Å². The van der Waals surface area contributed by atoms with Gasteiger partial charge in [0.05, 0.1) is 10.6 Å². The van der Waals surface area contributed by atoms with Gasteiger partial charge in [-0.05, 0) is 49.0 Å². The lowest BCUT2D eigenvalue weighted by atomic mass is 10.1. The van der Waals surface area contributed by atoms with Gasteiger partial charge in [-0.1, -0.05) is 36.0 Å². The second kappa shape index (κ2) is 6.94. The van der Waals surface area contributed by atoms with Gasteiger partial charge in [0.1, 0.15) is 0 Å². The Hall–Kier alpha value is -2.51. The summed E-state index contributed by atoms with van der Waals surface area (Å²) >= 11 is 6.34. The molecule has 0 aliphatic carbocycles. The van der Waals surface area contributed by atoms with Crippen LogP contribution in [0.25, 0.3) is 6.08 Å². The molecule has 0 spiro atoms. The number of carbonyl (C=O) groups is 2. The predicted molar refractivity (Wildman–Crippen MR) is 97.9 cm³/mol. The molecule has 2 amide bonds. The summed E-state index contributed by atoms with van der Waals surface area (Å²) in [5, 5.41) is 1.10. The van der Waals surface area contributed by atoms with Gasteiger partial charge < -0.3 is 0 Å². The van der Waals surface area contributed by atoms with Crippen molar-refractivity contribution in [2.75, 3.05) is 0 Å². The third-order valence-electron chi connectivity index (χ3n) is 3.36. The SMILES string of the molecule is Cc1ccccc1C(=O)NN1C(=O)/C(=C/c2ccccn2)SC1=S. The third-order valence-corrected chi connectivity index (χ3v) is 4.67. The molecule has 1 aromatic heterocycles. The maximum absolute atomic E-state index is 12.5. The first-order chi connectivity index (χ1) is 11.6. The van der Waals surface area contributed by atoms with Gasteiger partial charge in [0.25, 0.3) is 11.8 Å². The number of hydrogen-bond acceptors (Lipinski definition) is 5.